The van der Waals surface area contributed by atoms with Crippen LogP contribution in [-0.2, 0) is 23.7 Å². The molecule has 6 atom stereocenters. The summed E-state index contributed by atoms with van der Waals surface area (Å²) < 4.78 is 22.7. The maximum Gasteiger partial charge on any atom is 0.306 e. The molecule has 0 aromatic carbocycles. The van der Waals surface area contributed by atoms with Gasteiger partial charge in [0.15, 0.2) is 6.29 Å². The van der Waals surface area contributed by atoms with Gasteiger partial charge in [-0.3, -0.25) is 4.79 Å². The van der Waals surface area contributed by atoms with Crippen LogP contribution in [0.4, 0.5) is 0 Å². The van der Waals surface area contributed by atoms with Gasteiger partial charge in [0.1, 0.15) is 30.5 Å². The molecule has 6 unspecified atom stereocenters. The van der Waals surface area contributed by atoms with E-state index in [1.54, 1.807) is 0 Å². The molecule has 4 N–H and O–H groups in total. The first-order valence-corrected chi connectivity index (χ1v) is 21.9. The summed E-state index contributed by atoms with van der Waals surface area (Å²) in [6.07, 6.45) is 39.8. The third-order valence-electron chi connectivity index (χ3n) is 9.72. The van der Waals surface area contributed by atoms with Gasteiger partial charge in [-0.15, -0.1) is 0 Å². The summed E-state index contributed by atoms with van der Waals surface area (Å²) in [7, 11) is 0. The Morgan fingerprint density at radius 1 is 0.600 bits per heavy atom. The highest BCUT2D eigenvalue weighted by atomic mass is 16.7. The van der Waals surface area contributed by atoms with Gasteiger partial charge in [-0.1, -0.05) is 171 Å². The predicted octanol–water partition coefficient (Wildman–Crippen LogP) is 9.52. The molecule has 1 fully saturated rings. The molecular weight excluding hydrogens is 696 g/mol. The van der Waals surface area contributed by atoms with E-state index in [0.29, 0.717) is 19.4 Å². The van der Waals surface area contributed by atoms with Crippen molar-refractivity contribution in [2.45, 2.75) is 198 Å². The zero-order valence-electron chi connectivity index (χ0n) is 34.7. The van der Waals surface area contributed by atoms with Crippen LogP contribution in [-0.4, -0.2) is 89.6 Å². The third kappa shape index (κ3) is 28.9. The average molecular weight is 777 g/mol. The first-order chi connectivity index (χ1) is 26.9. The lowest BCUT2D eigenvalue weighted by Crippen LogP contribution is -2.59. The summed E-state index contributed by atoms with van der Waals surface area (Å²) in [4.78, 5) is 12.8. The number of carbonyl (C=O) groups excluding carboxylic acids is 1. The lowest BCUT2D eigenvalue weighted by Gasteiger charge is -2.39. The fourth-order valence-electron chi connectivity index (χ4n) is 6.32. The number of allylic oxidation sites excluding steroid dienone is 9. The Bertz CT molecular complexity index is 1020. The van der Waals surface area contributed by atoms with Gasteiger partial charge in [-0.05, 0) is 44.9 Å². The molecule has 0 amide bonds. The molecule has 55 heavy (non-hydrogen) atoms. The molecule has 1 aliphatic rings. The van der Waals surface area contributed by atoms with Crippen LogP contribution in [0.5, 0.6) is 0 Å². The molecular formula is C46H80O9. The molecule has 0 aromatic heterocycles. The number of esters is 1. The van der Waals surface area contributed by atoms with Crippen LogP contribution in [0.2, 0.25) is 0 Å². The number of ether oxygens (including phenoxy) is 4. The molecule has 0 saturated carbocycles. The molecule has 1 saturated heterocycles. The minimum atomic E-state index is -1.55. The Kier molecular flexibility index (Phi) is 34.7. The molecule has 318 valence electrons. The van der Waals surface area contributed by atoms with Crippen LogP contribution in [0.1, 0.15) is 162 Å². The second kappa shape index (κ2) is 37.5. The number of rotatable bonds is 36. The van der Waals surface area contributed by atoms with Crippen LogP contribution in [0.15, 0.2) is 60.8 Å². The van der Waals surface area contributed by atoms with E-state index in [4.69, 9.17) is 18.9 Å². The lowest BCUT2D eigenvalue weighted by atomic mass is 9.99. The molecule has 1 heterocycles. The van der Waals surface area contributed by atoms with Gasteiger partial charge >= 0.3 is 5.97 Å². The van der Waals surface area contributed by atoms with Gasteiger partial charge < -0.3 is 39.4 Å². The van der Waals surface area contributed by atoms with E-state index < -0.39 is 43.4 Å². The van der Waals surface area contributed by atoms with Crippen LogP contribution in [0, 0.1) is 0 Å². The van der Waals surface area contributed by atoms with Gasteiger partial charge in [0.05, 0.1) is 26.4 Å². The SMILES string of the molecule is CC/C=C\C/C=C\C/C=C\C/C=C\C/C=C\CCOCC(COC1OC(CO)C(O)C(O)C1O)OC(=O)CCCCCCCCCCCCCCCCCC. The summed E-state index contributed by atoms with van der Waals surface area (Å²) in [6, 6.07) is 0. The van der Waals surface area contributed by atoms with E-state index in [2.05, 4.69) is 74.6 Å². The van der Waals surface area contributed by atoms with Gasteiger partial charge in [0.2, 0.25) is 0 Å². The molecule has 0 radical (unpaired) electrons. The number of hydrogen-bond donors (Lipinski definition) is 4. The van der Waals surface area contributed by atoms with Crippen LogP contribution in [0.3, 0.4) is 0 Å². The zero-order chi connectivity index (χ0) is 40.0. The number of hydrogen-bond acceptors (Lipinski definition) is 9. The Labute approximate surface area is 335 Å². The van der Waals surface area contributed by atoms with Crippen molar-refractivity contribution in [2.75, 3.05) is 26.4 Å². The fourth-order valence-corrected chi connectivity index (χ4v) is 6.32. The van der Waals surface area contributed by atoms with E-state index in [1.165, 1.54) is 83.5 Å². The van der Waals surface area contributed by atoms with E-state index in [-0.39, 0.29) is 19.2 Å². The van der Waals surface area contributed by atoms with Crippen LogP contribution >= 0.6 is 0 Å². The zero-order valence-corrected chi connectivity index (χ0v) is 34.7. The van der Waals surface area contributed by atoms with Crippen molar-refractivity contribution in [1.29, 1.82) is 0 Å². The van der Waals surface area contributed by atoms with Crippen molar-refractivity contribution in [3.63, 3.8) is 0 Å². The Morgan fingerprint density at radius 2 is 1.07 bits per heavy atom. The molecule has 0 aromatic rings. The summed E-state index contributed by atoms with van der Waals surface area (Å²) in [6.45, 7) is 4.22. The third-order valence-corrected chi connectivity index (χ3v) is 9.72. The number of aliphatic hydroxyl groups is 4. The Morgan fingerprint density at radius 3 is 1.56 bits per heavy atom. The van der Waals surface area contributed by atoms with E-state index in [0.717, 1.165) is 51.4 Å². The monoisotopic (exact) mass is 777 g/mol. The molecule has 0 bridgehead atoms. The molecule has 1 rings (SSSR count). The van der Waals surface area contributed by atoms with E-state index in [9.17, 15) is 25.2 Å². The Hall–Kier alpha value is -2.11. The molecule has 1 aliphatic heterocycles. The number of aliphatic hydroxyl groups excluding tert-OH is 4. The second-order valence-electron chi connectivity index (χ2n) is 14.8. The van der Waals surface area contributed by atoms with Gasteiger partial charge in [-0.2, -0.15) is 0 Å². The molecule has 9 heteroatoms. The van der Waals surface area contributed by atoms with Crippen LogP contribution < -0.4 is 0 Å². The number of unbranched alkanes of at least 4 members (excludes halogenated alkanes) is 15. The van der Waals surface area contributed by atoms with Crippen molar-refractivity contribution in [3.8, 4) is 0 Å². The van der Waals surface area contributed by atoms with Gasteiger partial charge in [0.25, 0.3) is 0 Å². The minimum Gasteiger partial charge on any atom is -0.457 e. The smallest absolute Gasteiger partial charge is 0.306 e. The molecule has 9 nitrogen and oxygen atoms in total. The van der Waals surface area contributed by atoms with Crippen molar-refractivity contribution >= 4 is 5.97 Å². The van der Waals surface area contributed by atoms with E-state index in [1.807, 2.05) is 0 Å². The highest BCUT2D eigenvalue weighted by Gasteiger charge is 2.44. The van der Waals surface area contributed by atoms with Crippen molar-refractivity contribution in [3.05, 3.63) is 60.8 Å². The van der Waals surface area contributed by atoms with Crippen LogP contribution in [0.25, 0.3) is 0 Å². The predicted molar refractivity (Wildman–Crippen MR) is 224 cm³/mol. The fraction of sp³-hybridized carbons (Fsp3) is 0.761. The van der Waals surface area contributed by atoms with Gasteiger partial charge in [-0.25, -0.2) is 0 Å². The quantitative estimate of drug-likeness (QED) is 0.0279. The second-order valence-corrected chi connectivity index (χ2v) is 14.8. The topological polar surface area (TPSA) is 135 Å². The maximum absolute atomic E-state index is 12.8. The summed E-state index contributed by atoms with van der Waals surface area (Å²) >= 11 is 0. The summed E-state index contributed by atoms with van der Waals surface area (Å²) in [5, 5.41) is 40.1. The van der Waals surface area contributed by atoms with Gasteiger partial charge in [0, 0.05) is 6.42 Å². The van der Waals surface area contributed by atoms with Crippen molar-refractivity contribution in [1.82, 2.24) is 0 Å². The highest BCUT2D eigenvalue weighted by molar-refractivity contribution is 5.69. The number of carbonyl (C=O) groups is 1. The summed E-state index contributed by atoms with van der Waals surface area (Å²) in [5.74, 6) is -0.339. The Balaban J connectivity index is 2.33. The normalized spacial score (nSPS) is 21.3. The lowest BCUT2D eigenvalue weighted by molar-refractivity contribution is -0.305. The maximum atomic E-state index is 12.8. The molecule has 0 spiro atoms. The van der Waals surface area contributed by atoms with Crippen molar-refractivity contribution < 1.29 is 44.2 Å². The molecule has 0 aliphatic carbocycles. The van der Waals surface area contributed by atoms with E-state index >= 15 is 0 Å². The van der Waals surface area contributed by atoms with Crippen molar-refractivity contribution in [2.24, 2.45) is 0 Å². The average Bonchev–Trinajstić information content (AvgIpc) is 3.18. The summed E-state index contributed by atoms with van der Waals surface area (Å²) in [5.41, 5.74) is 0. The largest absolute Gasteiger partial charge is 0.457 e. The highest BCUT2D eigenvalue weighted by Crippen LogP contribution is 2.22. The first kappa shape index (κ1) is 50.9. The first-order valence-electron chi connectivity index (χ1n) is 21.9. The minimum absolute atomic E-state index is 0.0901. The standard InChI is InChI=1S/C46H80O9/c1-3-5-7-9-11-13-15-17-19-21-23-25-27-29-31-33-35-42(48)54-40(39-53-46-45(51)44(50)43(49)41(37-47)55-46)38-52-36-34-32-30-28-26-24-22-20-18-16-14-12-10-8-6-4-2/h6,8,12,14,18,20,24,26,30,32,40-41,43-47,49-51H,3-5,7,9-11,13,15-17,19,21-23,25,27-29,31,33-39H2,1-2H3/b8-6-,14-12-,20-18-,26-24-,32-30-.